The maximum Gasteiger partial charge on any atom is 0.223 e. The van der Waals surface area contributed by atoms with Crippen LogP contribution in [0.2, 0.25) is 0 Å². The number of aromatic nitrogens is 10. The van der Waals surface area contributed by atoms with E-state index in [1.807, 2.05) is 6.07 Å². The minimum atomic E-state index is 0.785. The van der Waals surface area contributed by atoms with Crippen LogP contribution in [0.4, 0.5) is 0 Å². The summed E-state index contributed by atoms with van der Waals surface area (Å²) in [5.74, 6) is 3.26. The van der Waals surface area contributed by atoms with Crippen LogP contribution in [0.15, 0.2) is 179 Å². The molecule has 0 N–H and O–H groups in total. The first-order valence-electron chi connectivity index (χ1n) is 24.1. The molecule has 0 radical (unpaired) electrons. The lowest BCUT2D eigenvalue weighted by Gasteiger charge is -2.06. The van der Waals surface area contributed by atoms with Gasteiger partial charge in [-0.2, -0.15) is 0 Å². The highest BCUT2D eigenvalue weighted by atomic mass is 16.3. The fourth-order valence-electron chi connectivity index (χ4n) is 13.2. The summed E-state index contributed by atoms with van der Waals surface area (Å²) in [5.41, 5.74) is 19.4. The first-order chi connectivity index (χ1) is 35.7. The molecule has 0 aliphatic rings. The third-order valence-corrected chi connectivity index (χ3v) is 16.0. The largest absolute Gasteiger partial charge is 0.456 e. The Labute approximate surface area is 400 Å². The normalized spacial score (nSPS) is 13.3. The molecule has 0 bridgehead atoms. The van der Waals surface area contributed by atoms with Gasteiger partial charge in [0.15, 0.2) is 5.58 Å². The Morgan fingerprint density at radius 3 is 1.44 bits per heavy atom. The standard InChI is InChI=1S/C60H28N10O2/c1-3-11-32-29(9-1)19-22-37-50(32)65-41-14-7-16-43-54(41)69(57(65)61-37)59-63-39-24-26-47-49(52(39)67(43)59)36-27-31(21-25-46(36)71-47)35-28-40-53(56-48(35)34-13-5-6-18-45(34)72-56)68-44-17-8-15-42-55(44)70(60(68)64-40)58-62-38-23-20-30-10-2-4-12-33(30)51(38)66(42)58/h1-28H. The molecule has 0 aliphatic carbocycles. The minimum absolute atomic E-state index is 0.785. The molecule has 0 saturated carbocycles. The van der Waals surface area contributed by atoms with Crippen LogP contribution < -0.4 is 0 Å². The predicted molar refractivity (Wildman–Crippen MR) is 286 cm³/mol. The van der Waals surface area contributed by atoms with Gasteiger partial charge in [-0.15, -0.1) is 0 Å². The quantitative estimate of drug-likeness (QED) is 0.162. The lowest BCUT2D eigenvalue weighted by Crippen LogP contribution is -1.88. The minimum Gasteiger partial charge on any atom is -0.456 e. The first-order valence-corrected chi connectivity index (χ1v) is 24.1. The molecule has 20 aromatic rings. The summed E-state index contributed by atoms with van der Waals surface area (Å²) in [6, 6.07) is 60.0. The van der Waals surface area contributed by atoms with Crippen LogP contribution in [0.3, 0.4) is 0 Å². The number of imidazole rings is 8. The zero-order chi connectivity index (χ0) is 46.0. The second-order valence-electron chi connectivity index (χ2n) is 19.5. The van der Waals surface area contributed by atoms with Gasteiger partial charge in [0, 0.05) is 26.9 Å². The Morgan fingerprint density at radius 2 is 0.806 bits per heavy atom. The van der Waals surface area contributed by atoms with Gasteiger partial charge < -0.3 is 8.83 Å². The number of para-hydroxylation sites is 3. The van der Waals surface area contributed by atoms with Gasteiger partial charge in [-0.25, -0.2) is 28.7 Å². The number of fused-ring (bicyclic) bond motifs is 32. The van der Waals surface area contributed by atoms with Crippen molar-refractivity contribution < 1.29 is 8.83 Å². The highest BCUT2D eigenvalue weighted by Gasteiger charge is 2.29. The van der Waals surface area contributed by atoms with E-state index in [-0.39, 0.29) is 0 Å². The molecule has 0 saturated heterocycles. The fraction of sp³-hybridized carbons (Fsp3) is 0. The Bertz CT molecular complexity index is 5910. The topological polar surface area (TPSA) is 104 Å². The van der Waals surface area contributed by atoms with Gasteiger partial charge in [-0.05, 0) is 94.7 Å². The van der Waals surface area contributed by atoms with Crippen molar-refractivity contribution in [3.05, 3.63) is 170 Å². The lowest BCUT2D eigenvalue weighted by molar-refractivity contribution is 0.669. The van der Waals surface area contributed by atoms with Gasteiger partial charge in [0.05, 0.1) is 66.1 Å². The van der Waals surface area contributed by atoms with Crippen molar-refractivity contribution in [3.63, 3.8) is 0 Å². The molecule has 0 spiro atoms. The van der Waals surface area contributed by atoms with Crippen LogP contribution in [-0.4, -0.2) is 46.3 Å². The van der Waals surface area contributed by atoms with Crippen molar-refractivity contribution in [2.75, 3.05) is 0 Å². The van der Waals surface area contributed by atoms with E-state index in [9.17, 15) is 0 Å². The SMILES string of the molecule is c1ccc2c(c1)ccc1nc3n(c4cccc5c4n3c3nc4cc(-c6ccc7oc8ccc9nc%10n(c%11cccc%12c%11n%10c%10nc%11ccc%13ccccc%13c%11n%12%10)c9c8c7c6)c6c7ccccc7oc6c4n53)c12. The maximum atomic E-state index is 7.00. The van der Waals surface area contributed by atoms with Crippen LogP contribution in [0, 0.1) is 0 Å². The van der Waals surface area contributed by atoms with Crippen LogP contribution in [-0.2, 0) is 0 Å². The Morgan fingerprint density at radius 1 is 0.306 bits per heavy atom. The summed E-state index contributed by atoms with van der Waals surface area (Å²) in [4.78, 5) is 21.5. The third kappa shape index (κ3) is 3.75. The number of nitrogens with zero attached hydrogens (tertiary/aromatic N) is 10. The Balaban J connectivity index is 0.876. The van der Waals surface area contributed by atoms with Crippen molar-refractivity contribution in [3.8, 4) is 11.1 Å². The molecule has 20 rings (SSSR count). The molecule has 12 nitrogen and oxygen atoms in total. The molecular weight excluding hydrogens is 893 g/mol. The molecule has 72 heavy (non-hydrogen) atoms. The second-order valence-corrected chi connectivity index (χ2v) is 19.5. The average molecular weight is 921 g/mol. The number of rotatable bonds is 1. The Hall–Kier alpha value is -10.2. The molecular formula is C60H28N10O2. The highest BCUT2D eigenvalue weighted by molar-refractivity contribution is 6.24. The average Bonchev–Trinajstić information content (AvgIpc) is 4.30. The number of benzene rings is 10. The molecule has 12 heteroatoms. The lowest BCUT2D eigenvalue weighted by atomic mass is 9.97. The van der Waals surface area contributed by atoms with E-state index in [4.69, 9.17) is 28.8 Å². The van der Waals surface area contributed by atoms with E-state index in [1.165, 1.54) is 21.5 Å². The summed E-state index contributed by atoms with van der Waals surface area (Å²) in [7, 11) is 0. The van der Waals surface area contributed by atoms with Gasteiger partial charge >= 0.3 is 0 Å². The van der Waals surface area contributed by atoms with Gasteiger partial charge in [-0.3, -0.25) is 17.6 Å². The Kier molecular flexibility index (Phi) is 5.56. The van der Waals surface area contributed by atoms with Crippen molar-refractivity contribution in [2.45, 2.75) is 0 Å². The summed E-state index contributed by atoms with van der Waals surface area (Å²) < 4.78 is 27.4. The van der Waals surface area contributed by atoms with Crippen molar-refractivity contribution in [2.24, 2.45) is 0 Å². The summed E-state index contributed by atoms with van der Waals surface area (Å²) in [6.07, 6.45) is 0. The number of hydrogen-bond acceptors (Lipinski definition) is 6. The van der Waals surface area contributed by atoms with E-state index in [0.29, 0.717) is 0 Å². The van der Waals surface area contributed by atoms with Gasteiger partial charge in [0.25, 0.3) is 0 Å². The number of furan rings is 2. The summed E-state index contributed by atoms with van der Waals surface area (Å²) >= 11 is 0. The molecule has 0 atom stereocenters. The van der Waals surface area contributed by atoms with Gasteiger partial charge in [0.2, 0.25) is 23.1 Å². The maximum absolute atomic E-state index is 7.00. The van der Waals surface area contributed by atoms with Crippen molar-refractivity contribution in [1.82, 2.24) is 46.3 Å². The van der Waals surface area contributed by atoms with Gasteiger partial charge in [0.1, 0.15) is 33.3 Å². The van der Waals surface area contributed by atoms with E-state index in [2.05, 4.69) is 190 Å². The molecule has 10 aromatic heterocycles. The smallest absolute Gasteiger partial charge is 0.223 e. The number of hydrogen-bond donors (Lipinski definition) is 0. The van der Waals surface area contributed by atoms with Crippen LogP contribution in [0.5, 0.6) is 0 Å². The predicted octanol–water partition coefficient (Wildman–Crippen LogP) is 14.3. The molecule has 0 fully saturated rings. The molecule has 330 valence electrons. The second kappa shape index (κ2) is 11.5. The molecule has 10 aromatic carbocycles. The van der Waals surface area contributed by atoms with Crippen molar-refractivity contribution in [1.29, 1.82) is 0 Å². The molecule has 0 unspecified atom stereocenters. The first kappa shape index (κ1) is 35.0. The summed E-state index contributed by atoms with van der Waals surface area (Å²) in [5, 5.41) is 8.79. The molecule has 0 amide bonds. The third-order valence-electron chi connectivity index (χ3n) is 16.0. The van der Waals surface area contributed by atoms with E-state index >= 15 is 0 Å². The van der Waals surface area contributed by atoms with Crippen LogP contribution >= 0.6 is 0 Å². The van der Waals surface area contributed by atoms with Crippen molar-refractivity contribution >= 4 is 166 Å². The van der Waals surface area contributed by atoms with Gasteiger partial charge in [-0.1, -0.05) is 97.1 Å². The van der Waals surface area contributed by atoms with E-state index < -0.39 is 0 Å². The monoisotopic (exact) mass is 920 g/mol. The highest BCUT2D eigenvalue weighted by Crippen LogP contribution is 2.46. The molecule has 10 heterocycles. The zero-order valence-corrected chi connectivity index (χ0v) is 37.5. The van der Waals surface area contributed by atoms with Crippen LogP contribution in [0.1, 0.15) is 0 Å². The molecule has 0 aliphatic heterocycles. The van der Waals surface area contributed by atoms with Crippen LogP contribution in [0.25, 0.3) is 177 Å². The summed E-state index contributed by atoms with van der Waals surface area (Å²) in [6.45, 7) is 0. The fourth-order valence-corrected chi connectivity index (χ4v) is 13.2. The van der Waals surface area contributed by atoms with E-state index in [0.717, 1.165) is 155 Å². The van der Waals surface area contributed by atoms with E-state index in [1.54, 1.807) is 0 Å². The zero-order valence-electron chi connectivity index (χ0n) is 37.5.